The summed E-state index contributed by atoms with van der Waals surface area (Å²) in [4.78, 5) is 2.39. The molecule has 2 N–H and O–H groups in total. The van der Waals surface area contributed by atoms with Gasteiger partial charge in [-0.1, -0.05) is 12.1 Å². The van der Waals surface area contributed by atoms with Gasteiger partial charge in [0.15, 0.2) is 0 Å². The Morgan fingerprint density at radius 2 is 2.20 bits per heavy atom. The normalized spacial score (nSPS) is 15.2. The van der Waals surface area contributed by atoms with E-state index in [0.29, 0.717) is 6.61 Å². The second kappa shape index (κ2) is 7.92. The van der Waals surface area contributed by atoms with E-state index in [9.17, 15) is 0 Å². The summed E-state index contributed by atoms with van der Waals surface area (Å²) in [6.45, 7) is 12.3. The lowest BCUT2D eigenvalue weighted by Gasteiger charge is -2.31. The van der Waals surface area contributed by atoms with Gasteiger partial charge < -0.3 is 20.3 Å². The first-order valence-electron chi connectivity index (χ1n) is 7.38. The summed E-state index contributed by atoms with van der Waals surface area (Å²) >= 11 is 0. The molecule has 1 aromatic rings. The highest BCUT2D eigenvalue weighted by atomic mass is 16.5. The highest BCUT2D eigenvalue weighted by Gasteiger charge is 2.15. The predicted octanol–water partition coefficient (Wildman–Crippen LogP) is 1.77. The van der Waals surface area contributed by atoms with Crippen LogP contribution in [0.3, 0.4) is 0 Å². The van der Waals surface area contributed by atoms with E-state index in [1.165, 1.54) is 11.3 Å². The Morgan fingerprint density at radius 1 is 1.40 bits per heavy atom. The Bertz CT molecular complexity index is 428. The smallest absolute Gasteiger partial charge is 0.142 e. The number of nitrogens with one attached hydrogen (secondary N) is 2. The molecule has 0 radical (unpaired) electrons. The van der Waals surface area contributed by atoms with Gasteiger partial charge in [-0.2, -0.15) is 0 Å². The van der Waals surface area contributed by atoms with Crippen molar-refractivity contribution < 1.29 is 4.74 Å². The summed E-state index contributed by atoms with van der Waals surface area (Å²) in [6.07, 6.45) is 1.87. The van der Waals surface area contributed by atoms with Crippen molar-refractivity contribution in [3.63, 3.8) is 0 Å². The van der Waals surface area contributed by atoms with Crippen molar-refractivity contribution in [3.8, 4) is 5.75 Å². The van der Waals surface area contributed by atoms with Crippen LogP contribution in [0.5, 0.6) is 5.75 Å². The number of anilines is 1. The Morgan fingerprint density at radius 3 is 2.90 bits per heavy atom. The van der Waals surface area contributed by atoms with Crippen LogP contribution in [-0.4, -0.2) is 39.3 Å². The molecule has 1 heterocycles. The fourth-order valence-electron chi connectivity index (χ4n) is 2.43. The summed E-state index contributed by atoms with van der Waals surface area (Å²) in [6, 6.07) is 6.51. The third kappa shape index (κ3) is 3.99. The fraction of sp³-hybridized carbons (Fsp3) is 0.500. The number of piperazine rings is 1. The fourth-order valence-corrected chi connectivity index (χ4v) is 2.43. The molecular formula is C16H25N3O. The van der Waals surface area contributed by atoms with Crippen molar-refractivity contribution >= 4 is 5.69 Å². The van der Waals surface area contributed by atoms with Crippen LogP contribution in [0.25, 0.3) is 0 Å². The molecule has 2 rings (SSSR count). The van der Waals surface area contributed by atoms with Gasteiger partial charge >= 0.3 is 0 Å². The molecule has 0 atom stereocenters. The van der Waals surface area contributed by atoms with Crippen LogP contribution in [0.4, 0.5) is 5.69 Å². The lowest BCUT2D eigenvalue weighted by atomic mass is 10.1. The highest BCUT2D eigenvalue weighted by Crippen LogP contribution is 2.30. The Labute approximate surface area is 121 Å². The standard InChI is InChI=1S/C16H25N3O/c1-3-7-18-13-14-5-6-15(16(12-14)20-4-2)19-10-8-17-9-11-19/h3,5-6,12,17-18H,1,4,7-11,13H2,2H3. The Kier molecular flexibility index (Phi) is 5.89. The van der Waals surface area contributed by atoms with E-state index >= 15 is 0 Å². The summed E-state index contributed by atoms with van der Waals surface area (Å²) in [5.74, 6) is 0.993. The minimum absolute atomic E-state index is 0.697. The molecule has 0 aliphatic carbocycles. The molecule has 110 valence electrons. The summed E-state index contributed by atoms with van der Waals surface area (Å²) in [5, 5.41) is 6.70. The molecule has 1 aromatic carbocycles. The van der Waals surface area contributed by atoms with E-state index in [1.54, 1.807) is 0 Å². The van der Waals surface area contributed by atoms with Crippen LogP contribution >= 0.6 is 0 Å². The van der Waals surface area contributed by atoms with Gasteiger partial charge in [0.1, 0.15) is 5.75 Å². The van der Waals surface area contributed by atoms with Crippen molar-refractivity contribution in [2.75, 3.05) is 44.2 Å². The van der Waals surface area contributed by atoms with Crippen LogP contribution in [0.15, 0.2) is 30.9 Å². The maximum absolute atomic E-state index is 5.83. The molecule has 1 aliphatic heterocycles. The zero-order chi connectivity index (χ0) is 14.2. The molecule has 4 heteroatoms. The van der Waals surface area contributed by atoms with Crippen LogP contribution in [0, 0.1) is 0 Å². The molecule has 1 fully saturated rings. The van der Waals surface area contributed by atoms with E-state index in [-0.39, 0.29) is 0 Å². The molecule has 4 nitrogen and oxygen atoms in total. The van der Waals surface area contributed by atoms with Crippen LogP contribution < -0.4 is 20.3 Å². The van der Waals surface area contributed by atoms with Crippen molar-refractivity contribution in [2.45, 2.75) is 13.5 Å². The molecule has 0 bridgehead atoms. The van der Waals surface area contributed by atoms with Gasteiger partial charge in [0.2, 0.25) is 0 Å². The summed E-state index contributed by atoms with van der Waals surface area (Å²) in [5.41, 5.74) is 2.45. The molecule has 1 saturated heterocycles. The first-order valence-corrected chi connectivity index (χ1v) is 7.38. The van der Waals surface area contributed by atoms with Crippen molar-refractivity contribution in [2.24, 2.45) is 0 Å². The van der Waals surface area contributed by atoms with Gasteiger partial charge in [-0.15, -0.1) is 6.58 Å². The third-order valence-corrected chi connectivity index (χ3v) is 3.40. The third-order valence-electron chi connectivity index (χ3n) is 3.40. The molecule has 1 aliphatic rings. The maximum Gasteiger partial charge on any atom is 0.142 e. The molecule has 0 saturated carbocycles. The van der Waals surface area contributed by atoms with E-state index in [1.807, 2.05) is 13.0 Å². The van der Waals surface area contributed by atoms with Crippen molar-refractivity contribution in [1.29, 1.82) is 0 Å². The van der Waals surface area contributed by atoms with Gasteiger partial charge in [-0.05, 0) is 24.6 Å². The lowest BCUT2D eigenvalue weighted by molar-refractivity contribution is 0.339. The average molecular weight is 275 g/mol. The van der Waals surface area contributed by atoms with Gasteiger partial charge in [0.25, 0.3) is 0 Å². The number of ether oxygens (including phenoxy) is 1. The number of hydrogen-bond acceptors (Lipinski definition) is 4. The molecule has 20 heavy (non-hydrogen) atoms. The zero-order valence-corrected chi connectivity index (χ0v) is 12.3. The van der Waals surface area contributed by atoms with Gasteiger partial charge in [0, 0.05) is 39.3 Å². The van der Waals surface area contributed by atoms with Gasteiger partial charge in [-0.3, -0.25) is 0 Å². The van der Waals surface area contributed by atoms with Crippen molar-refractivity contribution in [1.82, 2.24) is 10.6 Å². The second-order valence-corrected chi connectivity index (χ2v) is 4.89. The van der Waals surface area contributed by atoms with Crippen molar-refractivity contribution in [3.05, 3.63) is 36.4 Å². The minimum atomic E-state index is 0.697. The van der Waals surface area contributed by atoms with E-state index in [4.69, 9.17) is 4.74 Å². The van der Waals surface area contributed by atoms with Crippen LogP contribution in [0.1, 0.15) is 12.5 Å². The highest BCUT2D eigenvalue weighted by molar-refractivity contribution is 5.60. The largest absolute Gasteiger partial charge is 0.492 e. The number of rotatable bonds is 7. The van der Waals surface area contributed by atoms with Gasteiger partial charge in [0.05, 0.1) is 12.3 Å². The molecule has 0 aromatic heterocycles. The molecule has 0 unspecified atom stereocenters. The van der Waals surface area contributed by atoms with E-state index in [0.717, 1.165) is 45.0 Å². The first-order chi connectivity index (χ1) is 9.85. The van der Waals surface area contributed by atoms with E-state index < -0.39 is 0 Å². The topological polar surface area (TPSA) is 36.5 Å². The summed E-state index contributed by atoms with van der Waals surface area (Å²) < 4.78 is 5.83. The lowest BCUT2D eigenvalue weighted by Crippen LogP contribution is -2.43. The molecule has 0 amide bonds. The average Bonchev–Trinajstić information content (AvgIpc) is 2.49. The minimum Gasteiger partial charge on any atom is -0.492 e. The van der Waals surface area contributed by atoms with E-state index in [2.05, 4.69) is 40.3 Å². The number of nitrogens with zero attached hydrogens (tertiary/aromatic N) is 1. The number of hydrogen-bond donors (Lipinski definition) is 2. The Balaban J connectivity index is 2.11. The zero-order valence-electron chi connectivity index (χ0n) is 12.3. The van der Waals surface area contributed by atoms with Gasteiger partial charge in [-0.25, -0.2) is 0 Å². The summed E-state index contributed by atoms with van der Waals surface area (Å²) in [7, 11) is 0. The predicted molar refractivity (Wildman–Crippen MR) is 84.6 cm³/mol. The second-order valence-electron chi connectivity index (χ2n) is 4.89. The van der Waals surface area contributed by atoms with Crippen LogP contribution in [0.2, 0.25) is 0 Å². The molecular weight excluding hydrogens is 250 g/mol. The quantitative estimate of drug-likeness (QED) is 0.587. The molecule has 0 spiro atoms. The first kappa shape index (κ1) is 14.9. The number of benzene rings is 1. The Hall–Kier alpha value is -1.52. The monoisotopic (exact) mass is 275 g/mol. The van der Waals surface area contributed by atoms with Crippen LogP contribution in [-0.2, 0) is 6.54 Å². The maximum atomic E-state index is 5.83. The SMILES string of the molecule is C=CCNCc1ccc(N2CCNCC2)c(OCC)c1.